The molecule has 1 aliphatic heterocycles. The number of piperidine rings is 1. The van der Waals surface area contributed by atoms with Gasteiger partial charge in [0.15, 0.2) is 0 Å². The number of likely N-dealkylation sites (tertiary alicyclic amines) is 1. The van der Waals surface area contributed by atoms with Crippen LogP contribution in [0.2, 0.25) is 0 Å². The maximum atomic E-state index is 11.8. The molecule has 2 N–H and O–H groups in total. The van der Waals surface area contributed by atoms with Crippen LogP contribution < -0.4 is 10.6 Å². The lowest BCUT2D eigenvalue weighted by atomic mass is 9.97. The molecule has 5 nitrogen and oxygen atoms in total. The molecule has 0 aromatic rings. The second-order valence-electron chi connectivity index (χ2n) is 6.10. The molecule has 1 aliphatic carbocycles. The van der Waals surface area contributed by atoms with Crippen LogP contribution in [0.5, 0.6) is 0 Å². The predicted octanol–water partition coefficient (Wildman–Crippen LogP) is 0.603. The summed E-state index contributed by atoms with van der Waals surface area (Å²) >= 11 is 0. The molecule has 0 radical (unpaired) electrons. The summed E-state index contributed by atoms with van der Waals surface area (Å²) in [7, 11) is 1.68. The van der Waals surface area contributed by atoms with Crippen molar-refractivity contribution in [3.05, 3.63) is 0 Å². The fourth-order valence-electron chi connectivity index (χ4n) is 2.67. The van der Waals surface area contributed by atoms with Crippen LogP contribution in [-0.2, 0) is 9.53 Å². The second kappa shape index (κ2) is 8.60. The van der Waals surface area contributed by atoms with Gasteiger partial charge in [0.1, 0.15) is 0 Å². The summed E-state index contributed by atoms with van der Waals surface area (Å²) in [5, 5.41) is 6.56. The molecule has 0 aromatic carbocycles. The first-order chi connectivity index (χ1) is 9.78. The van der Waals surface area contributed by atoms with Crippen molar-refractivity contribution in [2.24, 2.45) is 5.92 Å². The fraction of sp³-hybridized carbons (Fsp3) is 0.933. The van der Waals surface area contributed by atoms with Gasteiger partial charge in [-0.1, -0.05) is 0 Å². The summed E-state index contributed by atoms with van der Waals surface area (Å²) in [6.07, 6.45) is 6.05. The van der Waals surface area contributed by atoms with E-state index in [0.717, 1.165) is 31.5 Å². The van der Waals surface area contributed by atoms with Gasteiger partial charge in [-0.25, -0.2) is 0 Å². The third kappa shape index (κ3) is 6.20. The number of nitrogens with zero attached hydrogens (tertiary/aromatic N) is 1. The quantitative estimate of drug-likeness (QED) is 0.609. The van der Waals surface area contributed by atoms with E-state index in [0.29, 0.717) is 19.7 Å². The molecule has 0 aromatic heterocycles. The maximum Gasteiger partial charge on any atom is 0.234 e. The number of hydrogen-bond donors (Lipinski definition) is 2. The van der Waals surface area contributed by atoms with Gasteiger partial charge >= 0.3 is 0 Å². The van der Waals surface area contributed by atoms with E-state index in [1.165, 1.54) is 32.2 Å². The standard InChI is InChI=1S/C15H29N3O2/c1-20-10-2-7-16-15(19)12-18-8-5-13(6-9-18)11-17-14-3-4-14/h13-14,17H,2-12H2,1H3,(H,16,19). The van der Waals surface area contributed by atoms with Crippen LogP contribution in [0.1, 0.15) is 32.1 Å². The van der Waals surface area contributed by atoms with E-state index in [2.05, 4.69) is 15.5 Å². The Balaban J connectivity index is 1.50. The van der Waals surface area contributed by atoms with Gasteiger partial charge in [-0.05, 0) is 57.7 Å². The van der Waals surface area contributed by atoms with Crippen LogP contribution >= 0.6 is 0 Å². The zero-order chi connectivity index (χ0) is 14.2. The molecule has 0 spiro atoms. The van der Waals surface area contributed by atoms with E-state index >= 15 is 0 Å². The number of methoxy groups -OCH3 is 1. The topological polar surface area (TPSA) is 53.6 Å². The number of carbonyl (C=O) groups is 1. The predicted molar refractivity (Wildman–Crippen MR) is 79.7 cm³/mol. The van der Waals surface area contributed by atoms with Crippen molar-refractivity contribution in [3.63, 3.8) is 0 Å². The zero-order valence-corrected chi connectivity index (χ0v) is 12.7. The lowest BCUT2D eigenvalue weighted by Crippen LogP contribution is -2.43. The maximum absolute atomic E-state index is 11.8. The van der Waals surface area contributed by atoms with E-state index in [-0.39, 0.29) is 5.91 Å². The molecule has 20 heavy (non-hydrogen) atoms. The van der Waals surface area contributed by atoms with Crippen LogP contribution in [0.3, 0.4) is 0 Å². The average molecular weight is 283 g/mol. The van der Waals surface area contributed by atoms with Gasteiger partial charge < -0.3 is 15.4 Å². The van der Waals surface area contributed by atoms with Gasteiger partial charge in [-0.2, -0.15) is 0 Å². The van der Waals surface area contributed by atoms with Crippen molar-refractivity contribution in [2.45, 2.75) is 38.1 Å². The third-order valence-electron chi connectivity index (χ3n) is 4.19. The summed E-state index contributed by atoms with van der Waals surface area (Å²) in [6.45, 7) is 5.26. The van der Waals surface area contributed by atoms with Crippen LogP contribution in [0, 0.1) is 5.92 Å². The van der Waals surface area contributed by atoms with Crippen molar-refractivity contribution in [3.8, 4) is 0 Å². The van der Waals surface area contributed by atoms with Crippen molar-refractivity contribution in [2.75, 3.05) is 46.4 Å². The Kier molecular flexibility index (Phi) is 6.76. The van der Waals surface area contributed by atoms with Gasteiger partial charge in [-0.15, -0.1) is 0 Å². The highest BCUT2D eigenvalue weighted by atomic mass is 16.5. The minimum atomic E-state index is 0.149. The van der Waals surface area contributed by atoms with Crippen LogP contribution in [0.15, 0.2) is 0 Å². The van der Waals surface area contributed by atoms with Crippen LogP contribution in [-0.4, -0.2) is 63.3 Å². The van der Waals surface area contributed by atoms with Gasteiger partial charge in [0.25, 0.3) is 0 Å². The molecule has 1 amide bonds. The number of rotatable bonds is 9. The van der Waals surface area contributed by atoms with Crippen LogP contribution in [0.4, 0.5) is 0 Å². The fourth-order valence-corrected chi connectivity index (χ4v) is 2.67. The Morgan fingerprint density at radius 3 is 2.65 bits per heavy atom. The van der Waals surface area contributed by atoms with Gasteiger partial charge in [0, 0.05) is 26.3 Å². The molecule has 116 valence electrons. The van der Waals surface area contributed by atoms with Crippen molar-refractivity contribution >= 4 is 5.91 Å². The molecular weight excluding hydrogens is 254 g/mol. The minimum absolute atomic E-state index is 0.149. The lowest BCUT2D eigenvalue weighted by molar-refractivity contribution is -0.122. The minimum Gasteiger partial charge on any atom is -0.385 e. The highest BCUT2D eigenvalue weighted by Crippen LogP contribution is 2.21. The summed E-state index contributed by atoms with van der Waals surface area (Å²) in [6, 6.07) is 0.811. The molecule has 2 aliphatic rings. The summed E-state index contributed by atoms with van der Waals surface area (Å²) < 4.78 is 4.96. The Morgan fingerprint density at radius 2 is 2.00 bits per heavy atom. The highest BCUT2D eigenvalue weighted by Gasteiger charge is 2.24. The smallest absolute Gasteiger partial charge is 0.234 e. The first kappa shape index (κ1) is 15.7. The van der Waals surface area contributed by atoms with E-state index in [1.807, 2.05) is 0 Å². The Morgan fingerprint density at radius 1 is 1.25 bits per heavy atom. The van der Waals surface area contributed by atoms with E-state index in [4.69, 9.17) is 4.74 Å². The first-order valence-corrected chi connectivity index (χ1v) is 7.99. The number of carbonyl (C=O) groups excluding carboxylic acids is 1. The Hall–Kier alpha value is -0.650. The van der Waals surface area contributed by atoms with Gasteiger partial charge in [0.05, 0.1) is 6.54 Å². The number of hydrogen-bond acceptors (Lipinski definition) is 4. The highest BCUT2D eigenvalue weighted by molar-refractivity contribution is 5.77. The van der Waals surface area contributed by atoms with E-state index in [9.17, 15) is 4.79 Å². The molecule has 2 rings (SSSR count). The molecule has 2 fully saturated rings. The van der Waals surface area contributed by atoms with E-state index in [1.54, 1.807) is 7.11 Å². The molecule has 1 heterocycles. The summed E-state index contributed by atoms with van der Waals surface area (Å²) in [5.74, 6) is 0.951. The zero-order valence-electron chi connectivity index (χ0n) is 12.7. The Labute approximate surface area is 122 Å². The summed E-state index contributed by atoms with van der Waals surface area (Å²) in [5.41, 5.74) is 0. The number of amides is 1. The average Bonchev–Trinajstić information content (AvgIpc) is 3.27. The number of ether oxygens (including phenoxy) is 1. The van der Waals surface area contributed by atoms with Gasteiger partial charge in [-0.3, -0.25) is 9.69 Å². The normalized spacial score (nSPS) is 21.1. The monoisotopic (exact) mass is 283 g/mol. The Bertz CT molecular complexity index is 287. The first-order valence-electron chi connectivity index (χ1n) is 7.99. The molecule has 1 saturated heterocycles. The van der Waals surface area contributed by atoms with Crippen LogP contribution in [0.25, 0.3) is 0 Å². The molecule has 0 bridgehead atoms. The third-order valence-corrected chi connectivity index (χ3v) is 4.19. The molecule has 0 atom stereocenters. The summed E-state index contributed by atoms with van der Waals surface area (Å²) in [4.78, 5) is 14.1. The molecule has 1 saturated carbocycles. The molecule has 5 heteroatoms. The lowest BCUT2D eigenvalue weighted by Gasteiger charge is -2.31. The van der Waals surface area contributed by atoms with Gasteiger partial charge in [0.2, 0.25) is 5.91 Å². The second-order valence-corrected chi connectivity index (χ2v) is 6.10. The van der Waals surface area contributed by atoms with Crippen molar-refractivity contribution < 1.29 is 9.53 Å². The molecular formula is C15H29N3O2. The largest absolute Gasteiger partial charge is 0.385 e. The SMILES string of the molecule is COCCCNC(=O)CN1CCC(CNC2CC2)CC1. The van der Waals surface area contributed by atoms with E-state index < -0.39 is 0 Å². The number of nitrogens with one attached hydrogen (secondary N) is 2. The van der Waals surface area contributed by atoms with Crippen molar-refractivity contribution in [1.29, 1.82) is 0 Å². The molecule has 0 unspecified atom stereocenters. The van der Waals surface area contributed by atoms with Crippen molar-refractivity contribution in [1.82, 2.24) is 15.5 Å².